The predicted octanol–water partition coefficient (Wildman–Crippen LogP) is 1.74. The molecular formula is C11H9ClO3. The summed E-state index contributed by atoms with van der Waals surface area (Å²) in [5.41, 5.74) is 0.387. The second-order valence-electron chi connectivity index (χ2n) is 3.40. The molecule has 0 radical (unpaired) electrons. The van der Waals surface area contributed by atoms with Gasteiger partial charge in [0.1, 0.15) is 5.76 Å². The molecule has 0 saturated carbocycles. The molecule has 2 rings (SSSR count). The van der Waals surface area contributed by atoms with Gasteiger partial charge in [-0.2, -0.15) is 0 Å². The Hall–Kier alpha value is -1.35. The van der Waals surface area contributed by atoms with Crippen molar-refractivity contribution in [3.8, 4) is 0 Å². The van der Waals surface area contributed by atoms with Crippen molar-refractivity contribution in [2.45, 2.75) is 6.42 Å². The molecule has 0 N–H and O–H groups in total. The molecule has 0 aromatic heterocycles. The Morgan fingerprint density at radius 3 is 2.87 bits per heavy atom. The number of allylic oxidation sites excluding steroid dienone is 5. The average molecular weight is 225 g/mol. The summed E-state index contributed by atoms with van der Waals surface area (Å²) in [6, 6.07) is 0. The molecule has 1 atom stereocenters. The first-order valence-corrected chi connectivity index (χ1v) is 4.93. The van der Waals surface area contributed by atoms with Crippen molar-refractivity contribution in [2.75, 3.05) is 7.11 Å². The molecule has 0 spiro atoms. The van der Waals surface area contributed by atoms with Crippen LogP contribution in [0.1, 0.15) is 6.42 Å². The number of hydrogen-bond acceptors (Lipinski definition) is 3. The van der Waals surface area contributed by atoms with E-state index in [1.807, 2.05) is 6.08 Å². The maximum absolute atomic E-state index is 11.8. The van der Waals surface area contributed by atoms with Gasteiger partial charge in [-0.25, -0.2) is 0 Å². The lowest BCUT2D eigenvalue weighted by Gasteiger charge is -2.24. The SMILES string of the molecule is COC1=C2C(=O)C(Cl)=CC(=O)C2CC=C1. The molecule has 2 aliphatic rings. The zero-order valence-electron chi connectivity index (χ0n) is 8.12. The Labute approximate surface area is 92.0 Å². The van der Waals surface area contributed by atoms with Crippen LogP contribution in [0.4, 0.5) is 0 Å². The minimum absolute atomic E-state index is 0.0314. The fourth-order valence-electron chi connectivity index (χ4n) is 1.82. The molecule has 0 aliphatic heterocycles. The van der Waals surface area contributed by atoms with Crippen LogP contribution in [0.5, 0.6) is 0 Å². The lowest BCUT2D eigenvalue weighted by molar-refractivity contribution is -0.121. The standard InChI is InChI=1S/C11H9ClO3/c1-15-9-4-2-3-6-8(13)5-7(12)11(14)10(6)9/h2,4-6H,3H2,1H3. The van der Waals surface area contributed by atoms with Gasteiger partial charge in [-0.3, -0.25) is 9.59 Å². The van der Waals surface area contributed by atoms with Crippen LogP contribution in [0.15, 0.2) is 34.6 Å². The molecule has 2 aliphatic carbocycles. The van der Waals surface area contributed by atoms with Crippen molar-refractivity contribution in [3.05, 3.63) is 34.6 Å². The lowest BCUT2D eigenvalue weighted by atomic mass is 9.81. The maximum Gasteiger partial charge on any atom is 0.204 e. The molecule has 0 bridgehead atoms. The van der Waals surface area contributed by atoms with E-state index in [1.54, 1.807) is 6.08 Å². The highest BCUT2D eigenvalue weighted by Crippen LogP contribution is 2.34. The Bertz CT molecular complexity index is 429. The first-order valence-electron chi connectivity index (χ1n) is 4.55. The topological polar surface area (TPSA) is 43.4 Å². The van der Waals surface area contributed by atoms with Crippen molar-refractivity contribution < 1.29 is 14.3 Å². The van der Waals surface area contributed by atoms with Crippen molar-refractivity contribution in [1.29, 1.82) is 0 Å². The molecule has 0 heterocycles. The molecule has 78 valence electrons. The molecule has 1 unspecified atom stereocenters. The second kappa shape index (κ2) is 3.66. The molecule has 4 heteroatoms. The Kier molecular flexibility index (Phi) is 2.49. The number of halogens is 1. The lowest BCUT2D eigenvalue weighted by Crippen LogP contribution is -2.28. The Balaban J connectivity index is 2.57. The average Bonchev–Trinajstić information content (AvgIpc) is 2.25. The van der Waals surface area contributed by atoms with Gasteiger partial charge >= 0.3 is 0 Å². The van der Waals surface area contributed by atoms with Gasteiger partial charge < -0.3 is 4.74 Å². The van der Waals surface area contributed by atoms with E-state index >= 15 is 0 Å². The van der Waals surface area contributed by atoms with Crippen LogP contribution in [0.25, 0.3) is 0 Å². The van der Waals surface area contributed by atoms with Crippen LogP contribution < -0.4 is 0 Å². The molecular weight excluding hydrogens is 216 g/mol. The maximum atomic E-state index is 11.8. The Morgan fingerprint density at radius 1 is 1.47 bits per heavy atom. The number of fused-ring (bicyclic) bond motifs is 1. The van der Waals surface area contributed by atoms with E-state index in [2.05, 4.69) is 0 Å². The van der Waals surface area contributed by atoms with Gasteiger partial charge in [-0.15, -0.1) is 0 Å². The summed E-state index contributed by atoms with van der Waals surface area (Å²) in [5, 5.41) is -0.0314. The summed E-state index contributed by atoms with van der Waals surface area (Å²) in [7, 11) is 1.47. The summed E-state index contributed by atoms with van der Waals surface area (Å²) in [6.45, 7) is 0. The number of carbonyl (C=O) groups is 2. The van der Waals surface area contributed by atoms with Crippen molar-refractivity contribution in [1.82, 2.24) is 0 Å². The van der Waals surface area contributed by atoms with E-state index in [-0.39, 0.29) is 16.6 Å². The summed E-state index contributed by atoms with van der Waals surface area (Å²) in [5.74, 6) is -0.410. The number of ketones is 2. The van der Waals surface area contributed by atoms with Crippen LogP contribution in [-0.2, 0) is 14.3 Å². The van der Waals surface area contributed by atoms with E-state index in [0.717, 1.165) is 0 Å². The molecule has 0 aromatic rings. The fraction of sp³-hybridized carbons (Fsp3) is 0.273. The molecule has 0 fully saturated rings. The van der Waals surface area contributed by atoms with Crippen molar-refractivity contribution in [3.63, 3.8) is 0 Å². The third-order valence-electron chi connectivity index (χ3n) is 2.55. The fourth-order valence-corrected chi connectivity index (χ4v) is 2.03. The zero-order chi connectivity index (χ0) is 11.0. The number of Topliss-reactive ketones (excluding diaryl/α,β-unsaturated/α-hetero) is 1. The molecule has 0 saturated heterocycles. The predicted molar refractivity (Wildman–Crippen MR) is 55.2 cm³/mol. The third kappa shape index (κ3) is 1.53. The van der Waals surface area contributed by atoms with E-state index in [1.165, 1.54) is 13.2 Å². The highest BCUT2D eigenvalue weighted by Gasteiger charge is 2.36. The zero-order valence-corrected chi connectivity index (χ0v) is 8.88. The van der Waals surface area contributed by atoms with Crippen LogP contribution in [-0.4, -0.2) is 18.7 Å². The van der Waals surface area contributed by atoms with Gasteiger partial charge in [-0.05, 0) is 12.5 Å². The summed E-state index contributed by atoms with van der Waals surface area (Å²) >= 11 is 5.68. The second-order valence-corrected chi connectivity index (χ2v) is 3.80. The van der Waals surface area contributed by atoms with E-state index in [0.29, 0.717) is 17.8 Å². The molecule has 0 amide bonds. The minimum atomic E-state index is -0.417. The van der Waals surface area contributed by atoms with E-state index in [4.69, 9.17) is 16.3 Å². The van der Waals surface area contributed by atoms with Gasteiger partial charge in [0.2, 0.25) is 5.78 Å². The first-order chi connectivity index (χ1) is 7.15. The van der Waals surface area contributed by atoms with Crippen LogP contribution in [0, 0.1) is 5.92 Å². The normalized spacial score (nSPS) is 25.2. The number of hydrogen-bond donors (Lipinski definition) is 0. The van der Waals surface area contributed by atoms with Crippen LogP contribution in [0.2, 0.25) is 0 Å². The summed E-state index contributed by atoms with van der Waals surface area (Å²) in [4.78, 5) is 23.4. The highest BCUT2D eigenvalue weighted by molar-refractivity contribution is 6.48. The van der Waals surface area contributed by atoms with Gasteiger partial charge in [0, 0.05) is 6.08 Å². The van der Waals surface area contributed by atoms with E-state index < -0.39 is 5.92 Å². The van der Waals surface area contributed by atoms with Crippen LogP contribution >= 0.6 is 11.6 Å². The van der Waals surface area contributed by atoms with Crippen molar-refractivity contribution in [2.24, 2.45) is 5.92 Å². The van der Waals surface area contributed by atoms with Crippen molar-refractivity contribution >= 4 is 23.2 Å². The summed E-state index contributed by atoms with van der Waals surface area (Å²) < 4.78 is 5.06. The van der Waals surface area contributed by atoms with Gasteiger partial charge in [-0.1, -0.05) is 17.7 Å². The molecule has 15 heavy (non-hydrogen) atoms. The van der Waals surface area contributed by atoms with Gasteiger partial charge in [0.25, 0.3) is 0 Å². The van der Waals surface area contributed by atoms with Crippen LogP contribution in [0.3, 0.4) is 0 Å². The largest absolute Gasteiger partial charge is 0.496 e. The van der Waals surface area contributed by atoms with E-state index in [9.17, 15) is 9.59 Å². The number of methoxy groups -OCH3 is 1. The quantitative estimate of drug-likeness (QED) is 0.682. The highest BCUT2D eigenvalue weighted by atomic mass is 35.5. The first kappa shape index (κ1) is 10.2. The smallest absolute Gasteiger partial charge is 0.204 e. The third-order valence-corrected chi connectivity index (χ3v) is 2.83. The van der Waals surface area contributed by atoms with Gasteiger partial charge in [0.15, 0.2) is 5.78 Å². The summed E-state index contributed by atoms with van der Waals surface area (Å²) in [6.07, 6.45) is 5.26. The van der Waals surface area contributed by atoms with Gasteiger partial charge in [0.05, 0.1) is 23.6 Å². The minimum Gasteiger partial charge on any atom is -0.496 e. The molecule has 0 aromatic carbocycles. The number of ether oxygens (including phenoxy) is 1. The Morgan fingerprint density at radius 2 is 2.20 bits per heavy atom. The number of carbonyl (C=O) groups excluding carboxylic acids is 2. The molecule has 3 nitrogen and oxygen atoms in total. The monoisotopic (exact) mass is 224 g/mol. The number of rotatable bonds is 1.